The predicted octanol–water partition coefficient (Wildman–Crippen LogP) is 1.47. The van der Waals surface area contributed by atoms with Gasteiger partial charge in [0.15, 0.2) is 0 Å². The topological polar surface area (TPSA) is 88.5 Å². The van der Waals surface area contributed by atoms with Crippen LogP contribution in [0, 0.1) is 0 Å². The van der Waals surface area contributed by atoms with Gasteiger partial charge in [-0.3, -0.25) is 9.78 Å². The molecular weight excluding hydrogens is 260 g/mol. The Morgan fingerprint density at radius 3 is 3.00 bits per heavy atom. The van der Waals surface area contributed by atoms with Gasteiger partial charge in [-0.05, 0) is 37.8 Å². The molecule has 20 heavy (non-hydrogen) atoms. The number of hydrogen-bond acceptors (Lipinski definition) is 4. The summed E-state index contributed by atoms with van der Waals surface area (Å²) in [7, 11) is 0. The van der Waals surface area contributed by atoms with E-state index < -0.39 is 5.97 Å². The van der Waals surface area contributed by atoms with E-state index in [9.17, 15) is 9.59 Å². The molecule has 108 valence electrons. The third-order valence-electron chi connectivity index (χ3n) is 3.27. The van der Waals surface area contributed by atoms with Crippen LogP contribution in [-0.2, 0) is 4.74 Å². The summed E-state index contributed by atoms with van der Waals surface area (Å²) in [5.41, 5.74) is 0.176. The molecule has 1 amide bonds. The molecular formula is C14H18N2O4. The molecule has 1 aromatic rings. The zero-order valence-electron chi connectivity index (χ0n) is 11.2. The fraction of sp³-hybridized carbons (Fsp3) is 0.500. The van der Waals surface area contributed by atoms with Gasteiger partial charge in [-0.1, -0.05) is 0 Å². The van der Waals surface area contributed by atoms with Gasteiger partial charge in [0.2, 0.25) is 0 Å². The monoisotopic (exact) mass is 278 g/mol. The van der Waals surface area contributed by atoms with Crippen LogP contribution in [0.25, 0.3) is 0 Å². The average molecular weight is 278 g/mol. The molecule has 0 aromatic carbocycles. The molecule has 0 bridgehead atoms. The van der Waals surface area contributed by atoms with Crippen molar-refractivity contribution in [1.82, 2.24) is 10.3 Å². The number of carbonyl (C=O) groups excluding carboxylic acids is 1. The zero-order valence-corrected chi connectivity index (χ0v) is 11.2. The highest BCUT2D eigenvalue weighted by Crippen LogP contribution is 2.14. The Labute approximate surface area is 117 Å². The quantitative estimate of drug-likeness (QED) is 0.851. The third-order valence-corrected chi connectivity index (χ3v) is 3.27. The summed E-state index contributed by atoms with van der Waals surface area (Å²) in [4.78, 5) is 26.6. The fourth-order valence-electron chi connectivity index (χ4n) is 2.16. The first-order valence-corrected chi connectivity index (χ1v) is 6.76. The molecule has 1 aliphatic heterocycles. The van der Waals surface area contributed by atoms with Crippen molar-refractivity contribution >= 4 is 11.9 Å². The van der Waals surface area contributed by atoms with Gasteiger partial charge in [0.25, 0.3) is 5.91 Å². The van der Waals surface area contributed by atoms with Crippen LogP contribution in [0.15, 0.2) is 18.3 Å². The largest absolute Gasteiger partial charge is 0.478 e. The molecule has 1 unspecified atom stereocenters. The Kier molecular flexibility index (Phi) is 5.06. The predicted molar refractivity (Wildman–Crippen MR) is 71.7 cm³/mol. The Balaban J connectivity index is 1.82. The van der Waals surface area contributed by atoms with Crippen LogP contribution in [0.1, 0.15) is 46.5 Å². The van der Waals surface area contributed by atoms with E-state index >= 15 is 0 Å². The molecule has 6 heteroatoms. The molecule has 1 saturated heterocycles. The van der Waals surface area contributed by atoms with Gasteiger partial charge in [0.1, 0.15) is 5.69 Å². The van der Waals surface area contributed by atoms with Gasteiger partial charge >= 0.3 is 5.97 Å². The highest BCUT2D eigenvalue weighted by molar-refractivity contribution is 5.95. The summed E-state index contributed by atoms with van der Waals surface area (Å²) in [6, 6.07) is 2.63. The van der Waals surface area contributed by atoms with Gasteiger partial charge in [-0.15, -0.1) is 0 Å². The van der Waals surface area contributed by atoms with Crippen molar-refractivity contribution in [3.8, 4) is 0 Å². The number of nitrogens with one attached hydrogen (secondary N) is 1. The molecule has 1 aliphatic rings. The summed E-state index contributed by atoms with van der Waals surface area (Å²) in [5, 5.41) is 11.6. The molecule has 0 radical (unpaired) electrons. The molecule has 1 aromatic heterocycles. The van der Waals surface area contributed by atoms with Crippen molar-refractivity contribution in [2.24, 2.45) is 0 Å². The van der Waals surface area contributed by atoms with Crippen molar-refractivity contribution in [3.63, 3.8) is 0 Å². The number of rotatable bonds is 5. The first-order chi connectivity index (χ1) is 9.66. The Morgan fingerprint density at radius 2 is 2.30 bits per heavy atom. The number of nitrogens with zero attached hydrogens (tertiary/aromatic N) is 1. The third kappa shape index (κ3) is 4.03. The van der Waals surface area contributed by atoms with E-state index in [0.717, 1.165) is 25.9 Å². The Hall–Kier alpha value is -1.95. The number of aromatic carboxylic acids is 1. The van der Waals surface area contributed by atoms with Gasteiger partial charge < -0.3 is 15.2 Å². The van der Waals surface area contributed by atoms with Crippen molar-refractivity contribution in [2.75, 3.05) is 13.2 Å². The van der Waals surface area contributed by atoms with Crippen LogP contribution in [-0.4, -0.2) is 41.2 Å². The van der Waals surface area contributed by atoms with Crippen LogP contribution in [0.4, 0.5) is 0 Å². The highest BCUT2D eigenvalue weighted by Gasteiger charge is 2.15. The van der Waals surface area contributed by atoms with E-state index in [1.807, 2.05) is 0 Å². The first-order valence-electron chi connectivity index (χ1n) is 6.76. The highest BCUT2D eigenvalue weighted by atomic mass is 16.5. The molecule has 0 saturated carbocycles. The number of amides is 1. The lowest BCUT2D eigenvalue weighted by Gasteiger charge is -2.22. The van der Waals surface area contributed by atoms with E-state index in [0.29, 0.717) is 6.54 Å². The summed E-state index contributed by atoms with van der Waals surface area (Å²) in [6.07, 6.45) is 5.60. The maximum atomic E-state index is 11.9. The van der Waals surface area contributed by atoms with Gasteiger partial charge in [0, 0.05) is 19.3 Å². The molecule has 6 nitrogen and oxygen atoms in total. The zero-order chi connectivity index (χ0) is 14.4. The number of ether oxygens (including phenoxy) is 1. The molecule has 1 fully saturated rings. The van der Waals surface area contributed by atoms with Crippen molar-refractivity contribution in [1.29, 1.82) is 0 Å². The second-order valence-electron chi connectivity index (χ2n) is 4.77. The number of aromatic nitrogens is 1. The van der Waals surface area contributed by atoms with Crippen LogP contribution >= 0.6 is 0 Å². The minimum absolute atomic E-state index is 0.0563. The molecule has 0 aliphatic carbocycles. The maximum absolute atomic E-state index is 11.9. The lowest BCUT2D eigenvalue weighted by molar-refractivity contribution is 0.0117. The summed E-state index contributed by atoms with van der Waals surface area (Å²) < 4.78 is 5.57. The van der Waals surface area contributed by atoms with Gasteiger partial charge in [-0.2, -0.15) is 0 Å². The second kappa shape index (κ2) is 7.00. The van der Waals surface area contributed by atoms with Crippen molar-refractivity contribution < 1.29 is 19.4 Å². The smallest absolute Gasteiger partial charge is 0.335 e. The SMILES string of the molecule is O=C(O)c1ccnc(C(=O)NCCC2CCCCO2)c1. The molecule has 2 rings (SSSR count). The first kappa shape index (κ1) is 14.5. The average Bonchev–Trinajstić information content (AvgIpc) is 2.48. The van der Waals surface area contributed by atoms with Crippen LogP contribution < -0.4 is 5.32 Å². The van der Waals surface area contributed by atoms with Gasteiger partial charge in [0.05, 0.1) is 11.7 Å². The Morgan fingerprint density at radius 1 is 1.45 bits per heavy atom. The molecule has 0 spiro atoms. The minimum atomic E-state index is -1.07. The number of pyridine rings is 1. The van der Waals surface area contributed by atoms with Crippen LogP contribution in [0.3, 0.4) is 0 Å². The number of carboxylic acids is 1. The van der Waals surface area contributed by atoms with E-state index in [-0.39, 0.29) is 23.3 Å². The lowest BCUT2D eigenvalue weighted by atomic mass is 10.1. The van der Waals surface area contributed by atoms with E-state index in [1.54, 1.807) is 0 Å². The second-order valence-corrected chi connectivity index (χ2v) is 4.77. The molecule has 2 heterocycles. The van der Waals surface area contributed by atoms with Gasteiger partial charge in [-0.25, -0.2) is 4.79 Å². The molecule has 2 N–H and O–H groups in total. The van der Waals surface area contributed by atoms with E-state index in [2.05, 4.69) is 10.3 Å². The normalized spacial score (nSPS) is 18.5. The minimum Gasteiger partial charge on any atom is -0.478 e. The number of hydrogen-bond donors (Lipinski definition) is 2. The van der Waals surface area contributed by atoms with Crippen molar-refractivity contribution in [3.05, 3.63) is 29.6 Å². The van der Waals surface area contributed by atoms with Crippen molar-refractivity contribution in [2.45, 2.75) is 31.8 Å². The lowest BCUT2D eigenvalue weighted by Crippen LogP contribution is -2.30. The molecule has 1 atom stereocenters. The van der Waals surface area contributed by atoms with Crippen LogP contribution in [0.2, 0.25) is 0 Å². The standard InChI is InChI=1S/C14H18N2O4/c17-13(12-9-10(14(18)19)4-6-15-12)16-7-5-11-3-1-2-8-20-11/h4,6,9,11H,1-3,5,7-8H2,(H,16,17)(H,18,19). The number of carboxylic acid groups (broad SMARTS) is 1. The maximum Gasteiger partial charge on any atom is 0.335 e. The summed E-state index contributed by atoms with van der Waals surface area (Å²) in [5.74, 6) is -1.43. The van der Waals surface area contributed by atoms with E-state index in [1.165, 1.54) is 24.8 Å². The fourth-order valence-corrected chi connectivity index (χ4v) is 2.16. The number of carbonyl (C=O) groups is 2. The summed E-state index contributed by atoms with van der Waals surface area (Å²) >= 11 is 0. The Bertz CT molecular complexity index is 484. The van der Waals surface area contributed by atoms with E-state index in [4.69, 9.17) is 9.84 Å². The summed E-state index contributed by atoms with van der Waals surface area (Å²) in [6.45, 7) is 1.29. The van der Waals surface area contributed by atoms with Crippen LogP contribution in [0.5, 0.6) is 0 Å².